The summed E-state index contributed by atoms with van der Waals surface area (Å²) in [6.45, 7) is 5.06. The van der Waals surface area contributed by atoms with Crippen LogP contribution in [0.1, 0.15) is 25.5 Å². The lowest BCUT2D eigenvalue weighted by Crippen LogP contribution is -2.17. The Hall–Kier alpha value is -1.22. The first-order valence-electron chi connectivity index (χ1n) is 4.79. The number of nitrogens with one attached hydrogen (secondary N) is 1. The molecule has 1 aromatic rings. The third-order valence-electron chi connectivity index (χ3n) is 2.21. The number of phenolic OH excluding ortho intramolecular Hbond substituents is 1. The van der Waals surface area contributed by atoms with Crippen molar-refractivity contribution < 1.29 is 9.84 Å². The number of aromatic hydroxyl groups is 1. The molecule has 2 N–H and O–H groups in total. The number of benzene rings is 1. The summed E-state index contributed by atoms with van der Waals surface area (Å²) in [5.74, 6) is 0.701. The summed E-state index contributed by atoms with van der Waals surface area (Å²) in [6, 6.07) is 5.67. The molecule has 0 radical (unpaired) electrons. The van der Waals surface area contributed by atoms with Crippen molar-refractivity contribution in [1.82, 2.24) is 5.32 Å². The van der Waals surface area contributed by atoms with E-state index < -0.39 is 0 Å². The van der Waals surface area contributed by atoms with Gasteiger partial charge in [0.2, 0.25) is 0 Å². The standard InChI is InChI=1S/C11H17NO2/c1-4-12-8(2)9-5-6-10(13)11(7-9)14-3/h5-8,12-13H,4H2,1-3H3. The Kier molecular flexibility index (Phi) is 3.77. The van der Waals surface area contributed by atoms with Crippen LogP contribution in [0.4, 0.5) is 0 Å². The van der Waals surface area contributed by atoms with Crippen molar-refractivity contribution in [1.29, 1.82) is 0 Å². The van der Waals surface area contributed by atoms with E-state index in [-0.39, 0.29) is 11.8 Å². The van der Waals surface area contributed by atoms with Gasteiger partial charge in [0.15, 0.2) is 11.5 Å². The number of hydrogen-bond acceptors (Lipinski definition) is 3. The van der Waals surface area contributed by atoms with Crippen molar-refractivity contribution in [2.45, 2.75) is 19.9 Å². The molecule has 0 bridgehead atoms. The molecule has 0 aliphatic rings. The molecule has 0 fully saturated rings. The summed E-state index contributed by atoms with van der Waals surface area (Å²) < 4.78 is 5.04. The highest BCUT2D eigenvalue weighted by molar-refractivity contribution is 5.42. The van der Waals surface area contributed by atoms with Gasteiger partial charge in [-0.15, -0.1) is 0 Å². The third-order valence-corrected chi connectivity index (χ3v) is 2.21. The molecule has 0 spiro atoms. The van der Waals surface area contributed by atoms with Gasteiger partial charge in [0.05, 0.1) is 7.11 Å². The summed E-state index contributed by atoms with van der Waals surface area (Å²) in [7, 11) is 1.55. The minimum absolute atomic E-state index is 0.181. The van der Waals surface area contributed by atoms with Gasteiger partial charge in [-0.2, -0.15) is 0 Å². The maximum atomic E-state index is 9.40. The molecule has 0 aromatic heterocycles. The van der Waals surface area contributed by atoms with Gasteiger partial charge in [-0.25, -0.2) is 0 Å². The fraction of sp³-hybridized carbons (Fsp3) is 0.455. The Balaban J connectivity index is 2.88. The zero-order chi connectivity index (χ0) is 10.6. The first-order chi connectivity index (χ1) is 6.69. The van der Waals surface area contributed by atoms with Crippen LogP contribution in [0, 0.1) is 0 Å². The quantitative estimate of drug-likeness (QED) is 0.772. The SMILES string of the molecule is CCNC(C)c1ccc(O)c(OC)c1. The zero-order valence-electron chi connectivity index (χ0n) is 8.87. The van der Waals surface area contributed by atoms with Crippen LogP contribution in [-0.2, 0) is 0 Å². The third kappa shape index (κ3) is 2.39. The Morgan fingerprint density at radius 1 is 1.50 bits per heavy atom. The van der Waals surface area contributed by atoms with Crippen molar-refractivity contribution in [3.63, 3.8) is 0 Å². The van der Waals surface area contributed by atoms with Crippen LogP contribution >= 0.6 is 0 Å². The van der Waals surface area contributed by atoms with Gasteiger partial charge in [0.1, 0.15) is 0 Å². The summed E-state index contributed by atoms with van der Waals surface area (Å²) in [5.41, 5.74) is 1.11. The summed E-state index contributed by atoms with van der Waals surface area (Å²) >= 11 is 0. The molecule has 0 amide bonds. The van der Waals surface area contributed by atoms with E-state index >= 15 is 0 Å². The summed E-state index contributed by atoms with van der Waals surface area (Å²) in [5, 5.41) is 12.7. The Bertz CT molecular complexity index is 299. The maximum Gasteiger partial charge on any atom is 0.160 e. The topological polar surface area (TPSA) is 41.5 Å². The van der Waals surface area contributed by atoms with E-state index in [4.69, 9.17) is 4.74 Å². The molecule has 0 saturated heterocycles. The predicted octanol–water partition coefficient (Wildman–Crippen LogP) is 2.07. The van der Waals surface area contributed by atoms with E-state index in [1.165, 1.54) is 0 Å². The lowest BCUT2D eigenvalue weighted by Gasteiger charge is -2.14. The molecule has 0 heterocycles. The Morgan fingerprint density at radius 3 is 2.79 bits per heavy atom. The van der Waals surface area contributed by atoms with Gasteiger partial charge in [0, 0.05) is 6.04 Å². The minimum Gasteiger partial charge on any atom is -0.504 e. The smallest absolute Gasteiger partial charge is 0.160 e. The van der Waals surface area contributed by atoms with Gasteiger partial charge in [0.25, 0.3) is 0 Å². The molecule has 1 unspecified atom stereocenters. The molecule has 3 nitrogen and oxygen atoms in total. The van der Waals surface area contributed by atoms with Gasteiger partial charge < -0.3 is 15.2 Å². The van der Waals surface area contributed by atoms with Crippen LogP contribution in [0.3, 0.4) is 0 Å². The second kappa shape index (κ2) is 4.86. The van der Waals surface area contributed by atoms with Crippen LogP contribution in [0.5, 0.6) is 11.5 Å². The highest BCUT2D eigenvalue weighted by atomic mass is 16.5. The fourth-order valence-corrected chi connectivity index (χ4v) is 1.39. The highest BCUT2D eigenvalue weighted by Gasteiger charge is 2.07. The van der Waals surface area contributed by atoms with E-state index in [2.05, 4.69) is 19.2 Å². The number of hydrogen-bond donors (Lipinski definition) is 2. The molecule has 1 rings (SSSR count). The number of ether oxygens (including phenoxy) is 1. The first kappa shape index (κ1) is 10.9. The Morgan fingerprint density at radius 2 is 2.21 bits per heavy atom. The minimum atomic E-state index is 0.181. The molecule has 78 valence electrons. The van der Waals surface area contributed by atoms with E-state index in [0.29, 0.717) is 5.75 Å². The first-order valence-corrected chi connectivity index (χ1v) is 4.79. The Labute approximate surface area is 84.7 Å². The molecular weight excluding hydrogens is 178 g/mol. The van der Waals surface area contributed by atoms with E-state index in [1.54, 1.807) is 13.2 Å². The number of methoxy groups -OCH3 is 1. The molecule has 3 heteroatoms. The van der Waals surface area contributed by atoms with Crippen LogP contribution < -0.4 is 10.1 Å². The summed E-state index contributed by atoms with van der Waals surface area (Å²) in [6.07, 6.45) is 0. The van der Waals surface area contributed by atoms with Gasteiger partial charge >= 0.3 is 0 Å². The normalized spacial score (nSPS) is 12.5. The average Bonchev–Trinajstić information content (AvgIpc) is 2.19. The molecule has 0 saturated carbocycles. The second-order valence-corrected chi connectivity index (χ2v) is 3.21. The van der Waals surface area contributed by atoms with Crippen LogP contribution in [0.25, 0.3) is 0 Å². The number of phenols is 1. The molecule has 0 aliphatic carbocycles. The molecule has 1 aromatic carbocycles. The lowest BCUT2D eigenvalue weighted by atomic mass is 10.1. The molecule has 14 heavy (non-hydrogen) atoms. The van der Waals surface area contributed by atoms with Crippen molar-refractivity contribution in [2.75, 3.05) is 13.7 Å². The van der Waals surface area contributed by atoms with E-state index in [9.17, 15) is 5.11 Å². The van der Waals surface area contributed by atoms with Gasteiger partial charge in [-0.05, 0) is 31.2 Å². The number of rotatable bonds is 4. The average molecular weight is 195 g/mol. The predicted molar refractivity (Wildman–Crippen MR) is 56.8 cm³/mol. The molecule has 1 atom stereocenters. The molecule has 0 aliphatic heterocycles. The lowest BCUT2D eigenvalue weighted by molar-refractivity contribution is 0.372. The van der Waals surface area contributed by atoms with Crippen molar-refractivity contribution in [2.24, 2.45) is 0 Å². The summed E-state index contributed by atoms with van der Waals surface area (Å²) in [4.78, 5) is 0. The van der Waals surface area contributed by atoms with Crippen molar-refractivity contribution in [3.8, 4) is 11.5 Å². The maximum absolute atomic E-state index is 9.40. The zero-order valence-corrected chi connectivity index (χ0v) is 8.87. The van der Waals surface area contributed by atoms with Crippen LogP contribution in [-0.4, -0.2) is 18.8 Å². The van der Waals surface area contributed by atoms with Crippen LogP contribution in [0.15, 0.2) is 18.2 Å². The second-order valence-electron chi connectivity index (χ2n) is 3.21. The largest absolute Gasteiger partial charge is 0.504 e. The molecular formula is C11H17NO2. The van der Waals surface area contributed by atoms with Gasteiger partial charge in [-0.3, -0.25) is 0 Å². The van der Waals surface area contributed by atoms with E-state index in [1.807, 2.05) is 12.1 Å². The monoisotopic (exact) mass is 195 g/mol. The highest BCUT2D eigenvalue weighted by Crippen LogP contribution is 2.28. The van der Waals surface area contributed by atoms with Crippen LogP contribution in [0.2, 0.25) is 0 Å². The fourth-order valence-electron chi connectivity index (χ4n) is 1.39. The van der Waals surface area contributed by atoms with Crippen molar-refractivity contribution in [3.05, 3.63) is 23.8 Å². The van der Waals surface area contributed by atoms with E-state index in [0.717, 1.165) is 12.1 Å². The van der Waals surface area contributed by atoms with Gasteiger partial charge in [-0.1, -0.05) is 13.0 Å². The van der Waals surface area contributed by atoms with Crippen molar-refractivity contribution >= 4 is 0 Å².